The second kappa shape index (κ2) is 6.04. The van der Waals surface area contributed by atoms with Crippen LogP contribution in [-0.2, 0) is 0 Å². The molecule has 1 aromatic carbocycles. The van der Waals surface area contributed by atoms with Gasteiger partial charge in [0.1, 0.15) is 5.82 Å². The first-order valence-electron chi connectivity index (χ1n) is 6.94. The summed E-state index contributed by atoms with van der Waals surface area (Å²) in [4.78, 5) is 12.1. The molecule has 4 heteroatoms. The van der Waals surface area contributed by atoms with Crippen LogP contribution in [0.2, 0.25) is 0 Å². The highest BCUT2D eigenvalue weighted by molar-refractivity contribution is 5.95. The zero-order valence-corrected chi connectivity index (χ0v) is 11.3. The normalized spacial score (nSPS) is 23.7. The van der Waals surface area contributed by atoms with Gasteiger partial charge < -0.3 is 11.1 Å². The van der Waals surface area contributed by atoms with E-state index in [1.54, 1.807) is 0 Å². The third-order valence-corrected chi connectivity index (χ3v) is 3.91. The highest BCUT2D eigenvalue weighted by Crippen LogP contribution is 2.23. The summed E-state index contributed by atoms with van der Waals surface area (Å²) in [6.07, 6.45) is 5.62. The van der Waals surface area contributed by atoms with Crippen molar-refractivity contribution in [2.45, 2.75) is 45.1 Å². The Hall–Kier alpha value is -1.58. The first kappa shape index (κ1) is 13.8. The summed E-state index contributed by atoms with van der Waals surface area (Å²) >= 11 is 0. The van der Waals surface area contributed by atoms with E-state index in [2.05, 4.69) is 12.2 Å². The number of anilines is 1. The lowest BCUT2D eigenvalue weighted by atomic mass is 9.96. The Balaban J connectivity index is 2.09. The zero-order valence-electron chi connectivity index (χ0n) is 11.3. The summed E-state index contributed by atoms with van der Waals surface area (Å²) in [5.41, 5.74) is 6.05. The molecular weight excluding hydrogens is 243 g/mol. The molecule has 0 radical (unpaired) electrons. The van der Waals surface area contributed by atoms with Crippen LogP contribution in [0, 0.1) is 11.7 Å². The number of nitrogens with two attached hydrogens (primary N) is 1. The van der Waals surface area contributed by atoms with Crippen LogP contribution in [0.5, 0.6) is 0 Å². The Kier molecular flexibility index (Phi) is 4.40. The van der Waals surface area contributed by atoms with Crippen molar-refractivity contribution < 1.29 is 9.18 Å². The Morgan fingerprint density at radius 1 is 1.32 bits per heavy atom. The summed E-state index contributed by atoms with van der Waals surface area (Å²) in [6, 6.07) is 4.23. The lowest BCUT2D eigenvalue weighted by molar-refractivity contribution is 0.0917. The van der Waals surface area contributed by atoms with E-state index in [-0.39, 0.29) is 17.5 Å². The largest absolute Gasteiger partial charge is 0.399 e. The minimum Gasteiger partial charge on any atom is -0.399 e. The number of carbonyl (C=O) groups is 1. The first-order valence-corrected chi connectivity index (χ1v) is 6.94. The third-order valence-electron chi connectivity index (χ3n) is 3.91. The van der Waals surface area contributed by atoms with Crippen LogP contribution in [-0.4, -0.2) is 11.9 Å². The maximum atomic E-state index is 13.6. The maximum absolute atomic E-state index is 13.6. The third kappa shape index (κ3) is 3.46. The molecule has 1 aromatic rings. The van der Waals surface area contributed by atoms with E-state index < -0.39 is 5.82 Å². The van der Waals surface area contributed by atoms with Crippen LogP contribution in [0.15, 0.2) is 18.2 Å². The number of hydrogen-bond acceptors (Lipinski definition) is 2. The molecule has 1 amide bonds. The quantitative estimate of drug-likeness (QED) is 0.637. The second-order valence-corrected chi connectivity index (χ2v) is 5.43. The lowest BCUT2D eigenvalue weighted by Gasteiger charge is -2.23. The van der Waals surface area contributed by atoms with E-state index in [4.69, 9.17) is 5.73 Å². The molecule has 2 rings (SSSR count). The molecule has 0 aromatic heterocycles. The van der Waals surface area contributed by atoms with Crippen LogP contribution in [0.25, 0.3) is 0 Å². The van der Waals surface area contributed by atoms with Gasteiger partial charge in [-0.2, -0.15) is 0 Å². The molecule has 0 heterocycles. The molecule has 104 valence electrons. The maximum Gasteiger partial charge on any atom is 0.254 e. The molecule has 1 aliphatic rings. The molecule has 0 spiro atoms. The SMILES string of the molecule is CC1CCCCCC1NC(=O)c1cc(N)ccc1F. The van der Waals surface area contributed by atoms with Gasteiger partial charge in [-0.1, -0.05) is 26.2 Å². The van der Waals surface area contributed by atoms with Gasteiger partial charge in [-0.15, -0.1) is 0 Å². The number of carbonyl (C=O) groups excluding carboxylic acids is 1. The molecular formula is C15H21FN2O. The van der Waals surface area contributed by atoms with Crippen molar-refractivity contribution in [2.24, 2.45) is 5.92 Å². The Bertz CT molecular complexity index is 461. The average Bonchev–Trinajstić information content (AvgIpc) is 2.58. The molecule has 0 bridgehead atoms. The summed E-state index contributed by atoms with van der Waals surface area (Å²) < 4.78 is 13.6. The summed E-state index contributed by atoms with van der Waals surface area (Å²) in [5.74, 6) is -0.438. The van der Waals surface area contributed by atoms with Crippen molar-refractivity contribution in [1.82, 2.24) is 5.32 Å². The van der Waals surface area contributed by atoms with Crippen LogP contribution < -0.4 is 11.1 Å². The molecule has 1 saturated carbocycles. The van der Waals surface area contributed by atoms with Gasteiger partial charge in [0.25, 0.3) is 5.91 Å². The standard InChI is InChI=1S/C15H21FN2O/c1-10-5-3-2-4-6-14(10)18-15(19)12-9-11(17)7-8-13(12)16/h7-10,14H,2-6,17H2,1H3,(H,18,19). The van der Waals surface area contributed by atoms with Gasteiger partial charge in [0, 0.05) is 11.7 Å². The molecule has 19 heavy (non-hydrogen) atoms. The Morgan fingerprint density at radius 2 is 2.05 bits per heavy atom. The van der Waals surface area contributed by atoms with Crippen molar-refractivity contribution in [2.75, 3.05) is 5.73 Å². The predicted molar refractivity (Wildman–Crippen MR) is 74.3 cm³/mol. The lowest BCUT2D eigenvalue weighted by Crippen LogP contribution is -2.39. The fourth-order valence-corrected chi connectivity index (χ4v) is 2.67. The number of hydrogen-bond donors (Lipinski definition) is 2. The fourth-order valence-electron chi connectivity index (χ4n) is 2.67. The summed E-state index contributed by atoms with van der Waals surface area (Å²) in [5, 5.41) is 2.96. The van der Waals surface area contributed by atoms with Gasteiger partial charge in [0.2, 0.25) is 0 Å². The number of nitrogens with one attached hydrogen (secondary N) is 1. The molecule has 1 fully saturated rings. The molecule has 3 nitrogen and oxygen atoms in total. The minimum atomic E-state index is -0.520. The van der Waals surface area contributed by atoms with E-state index in [0.29, 0.717) is 11.6 Å². The van der Waals surface area contributed by atoms with Gasteiger partial charge >= 0.3 is 0 Å². The van der Waals surface area contributed by atoms with Crippen LogP contribution in [0.4, 0.5) is 10.1 Å². The van der Waals surface area contributed by atoms with E-state index in [0.717, 1.165) is 19.3 Å². The van der Waals surface area contributed by atoms with Crippen molar-refractivity contribution in [3.8, 4) is 0 Å². The number of benzene rings is 1. The summed E-state index contributed by atoms with van der Waals surface area (Å²) in [7, 11) is 0. The van der Waals surface area contributed by atoms with E-state index in [1.807, 2.05) is 0 Å². The topological polar surface area (TPSA) is 55.1 Å². The molecule has 2 unspecified atom stereocenters. The van der Waals surface area contributed by atoms with Gasteiger partial charge in [0.05, 0.1) is 5.56 Å². The van der Waals surface area contributed by atoms with Crippen molar-refractivity contribution in [1.29, 1.82) is 0 Å². The minimum absolute atomic E-state index is 0.0384. The number of halogens is 1. The van der Waals surface area contributed by atoms with E-state index in [9.17, 15) is 9.18 Å². The van der Waals surface area contributed by atoms with Crippen molar-refractivity contribution in [3.63, 3.8) is 0 Å². The molecule has 2 atom stereocenters. The van der Waals surface area contributed by atoms with Gasteiger partial charge in [-0.25, -0.2) is 4.39 Å². The van der Waals surface area contributed by atoms with E-state index in [1.165, 1.54) is 31.0 Å². The second-order valence-electron chi connectivity index (χ2n) is 5.43. The molecule has 0 aliphatic heterocycles. The highest BCUT2D eigenvalue weighted by Gasteiger charge is 2.23. The summed E-state index contributed by atoms with van der Waals surface area (Å²) in [6.45, 7) is 2.14. The highest BCUT2D eigenvalue weighted by atomic mass is 19.1. The predicted octanol–water partition coefficient (Wildman–Crippen LogP) is 3.11. The molecule has 3 N–H and O–H groups in total. The molecule has 1 aliphatic carbocycles. The van der Waals surface area contributed by atoms with Gasteiger partial charge in [-0.3, -0.25) is 4.79 Å². The number of nitrogen functional groups attached to an aromatic ring is 1. The molecule has 0 saturated heterocycles. The van der Waals surface area contributed by atoms with Crippen LogP contribution in [0.3, 0.4) is 0 Å². The fraction of sp³-hybridized carbons (Fsp3) is 0.533. The van der Waals surface area contributed by atoms with Crippen molar-refractivity contribution >= 4 is 11.6 Å². The number of amides is 1. The van der Waals surface area contributed by atoms with Crippen molar-refractivity contribution in [3.05, 3.63) is 29.6 Å². The van der Waals surface area contributed by atoms with Gasteiger partial charge in [-0.05, 0) is 37.0 Å². The Labute approximate surface area is 113 Å². The Morgan fingerprint density at radius 3 is 2.84 bits per heavy atom. The van der Waals surface area contributed by atoms with E-state index >= 15 is 0 Å². The zero-order chi connectivity index (χ0) is 13.8. The van der Waals surface area contributed by atoms with Gasteiger partial charge in [0.15, 0.2) is 0 Å². The smallest absolute Gasteiger partial charge is 0.254 e. The first-order chi connectivity index (χ1) is 9.08. The number of rotatable bonds is 2. The van der Waals surface area contributed by atoms with Crippen LogP contribution >= 0.6 is 0 Å². The van der Waals surface area contributed by atoms with Crippen LogP contribution in [0.1, 0.15) is 49.4 Å². The monoisotopic (exact) mass is 264 g/mol. The average molecular weight is 264 g/mol.